The van der Waals surface area contributed by atoms with E-state index >= 15 is 0 Å². The number of hydrogen-bond donors (Lipinski definition) is 0. The average Bonchev–Trinajstić information content (AvgIpc) is 2.36. The van der Waals surface area contributed by atoms with Gasteiger partial charge < -0.3 is 9.64 Å². The average molecular weight is 222 g/mol. The van der Waals surface area contributed by atoms with E-state index < -0.39 is 0 Å². The molecule has 0 unspecified atom stereocenters. The summed E-state index contributed by atoms with van der Waals surface area (Å²) in [6.07, 6.45) is 0. The predicted octanol–water partition coefficient (Wildman–Crippen LogP) is 2.20. The molecule has 0 bridgehead atoms. The molecule has 0 saturated heterocycles. The van der Waals surface area contributed by atoms with E-state index in [1.54, 1.807) is 31.0 Å². The van der Waals surface area contributed by atoms with Crippen LogP contribution in [0.5, 0.6) is 5.75 Å². The number of anilines is 1. The van der Waals surface area contributed by atoms with Gasteiger partial charge in [0.25, 0.3) is 0 Å². The summed E-state index contributed by atoms with van der Waals surface area (Å²) in [5.74, 6) is 0.786. The number of rotatable bonds is 3. The highest BCUT2D eigenvalue weighted by molar-refractivity contribution is 5.91. The molecule has 1 rings (SSSR count). The third kappa shape index (κ3) is 2.66. The van der Waals surface area contributed by atoms with E-state index in [0.717, 1.165) is 11.4 Å². The van der Waals surface area contributed by atoms with Gasteiger partial charge in [-0.1, -0.05) is 0 Å². The maximum atomic E-state index is 11.8. The molecule has 1 aromatic rings. The molecule has 0 saturated carbocycles. The molecule has 1 aromatic carbocycles. The van der Waals surface area contributed by atoms with Crippen LogP contribution in [0.1, 0.15) is 6.92 Å². The lowest BCUT2D eigenvalue weighted by Gasteiger charge is -2.23. The third-order valence-corrected chi connectivity index (χ3v) is 2.55. The van der Waals surface area contributed by atoms with Crippen molar-refractivity contribution < 1.29 is 9.53 Å². The van der Waals surface area contributed by atoms with Crippen molar-refractivity contribution in [2.45, 2.75) is 6.92 Å². The Hall–Kier alpha value is -1.71. The van der Waals surface area contributed by atoms with Crippen molar-refractivity contribution >= 4 is 11.7 Å². The molecular formula is C12H18N2O2. The molecule has 0 atom stereocenters. The molecule has 0 aromatic heterocycles. The predicted molar refractivity (Wildman–Crippen MR) is 65.1 cm³/mol. The first kappa shape index (κ1) is 12.4. The lowest BCUT2D eigenvalue weighted by atomic mass is 10.3. The van der Waals surface area contributed by atoms with Gasteiger partial charge in [-0.05, 0) is 31.2 Å². The van der Waals surface area contributed by atoms with Gasteiger partial charge in [0.2, 0.25) is 0 Å². The third-order valence-electron chi connectivity index (χ3n) is 2.55. The number of carbonyl (C=O) groups excluding carboxylic acids is 1. The van der Waals surface area contributed by atoms with Crippen molar-refractivity contribution in [3.05, 3.63) is 24.3 Å². The van der Waals surface area contributed by atoms with Crippen molar-refractivity contribution in [2.24, 2.45) is 0 Å². The molecule has 0 fully saturated rings. The largest absolute Gasteiger partial charge is 0.497 e. The Labute approximate surface area is 96.4 Å². The van der Waals surface area contributed by atoms with Crippen LogP contribution >= 0.6 is 0 Å². The molecular weight excluding hydrogens is 204 g/mol. The van der Waals surface area contributed by atoms with E-state index in [1.165, 1.54) is 0 Å². The second-order valence-electron chi connectivity index (χ2n) is 3.55. The minimum atomic E-state index is -0.0207. The molecule has 0 aliphatic carbocycles. The first-order valence-electron chi connectivity index (χ1n) is 5.23. The standard InChI is InChI=1S/C12H18N2O2/c1-5-13(2)12(15)14(3)10-6-8-11(16-4)9-7-10/h6-9H,5H2,1-4H3. The molecule has 0 spiro atoms. The van der Waals surface area contributed by atoms with Crippen LogP contribution in [0.4, 0.5) is 10.5 Å². The highest BCUT2D eigenvalue weighted by Gasteiger charge is 2.13. The fraction of sp³-hybridized carbons (Fsp3) is 0.417. The van der Waals surface area contributed by atoms with Crippen molar-refractivity contribution in [2.75, 3.05) is 32.6 Å². The fourth-order valence-electron chi connectivity index (χ4n) is 1.31. The number of urea groups is 1. The van der Waals surface area contributed by atoms with Crippen LogP contribution in [-0.4, -0.2) is 38.7 Å². The molecule has 2 amide bonds. The van der Waals surface area contributed by atoms with Gasteiger partial charge in [-0.25, -0.2) is 4.79 Å². The maximum Gasteiger partial charge on any atom is 0.323 e. The highest BCUT2D eigenvalue weighted by atomic mass is 16.5. The van der Waals surface area contributed by atoms with E-state index in [4.69, 9.17) is 4.74 Å². The molecule has 0 radical (unpaired) electrons. The molecule has 88 valence electrons. The Morgan fingerprint density at radius 3 is 2.25 bits per heavy atom. The quantitative estimate of drug-likeness (QED) is 0.785. The second kappa shape index (κ2) is 5.39. The number of carbonyl (C=O) groups is 1. The monoisotopic (exact) mass is 222 g/mol. The minimum absolute atomic E-state index is 0.0207. The van der Waals surface area contributed by atoms with Crippen LogP contribution in [0.3, 0.4) is 0 Å². The smallest absolute Gasteiger partial charge is 0.323 e. The second-order valence-corrected chi connectivity index (χ2v) is 3.55. The number of amides is 2. The number of hydrogen-bond acceptors (Lipinski definition) is 2. The van der Waals surface area contributed by atoms with E-state index in [-0.39, 0.29) is 6.03 Å². The summed E-state index contributed by atoms with van der Waals surface area (Å²) in [7, 11) is 5.16. The lowest BCUT2D eigenvalue weighted by molar-refractivity contribution is 0.219. The molecule has 4 heteroatoms. The van der Waals surface area contributed by atoms with Crippen molar-refractivity contribution in [3.63, 3.8) is 0 Å². The van der Waals surface area contributed by atoms with Crippen LogP contribution in [0.25, 0.3) is 0 Å². The van der Waals surface area contributed by atoms with Crippen LogP contribution in [0, 0.1) is 0 Å². The van der Waals surface area contributed by atoms with Gasteiger partial charge in [-0.15, -0.1) is 0 Å². The zero-order chi connectivity index (χ0) is 12.1. The summed E-state index contributed by atoms with van der Waals surface area (Å²) in [6, 6.07) is 7.38. The first-order valence-corrected chi connectivity index (χ1v) is 5.23. The van der Waals surface area contributed by atoms with Crippen LogP contribution < -0.4 is 9.64 Å². The fourth-order valence-corrected chi connectivity index (χ4v) is 1.31. The number of benzene rings is 1. The summed E-state index contributed by atoms with van der Waals surface area (Å²) in [5.41, 5.74) is 0.853. The first-order chi connectivity index (χ1) is 7.60. The normalized spacial score (nSPS) is 9.75. The van der Waals surface area contributed by atoms with Gasteiger partial charge in [0.1, 0.15) is 5.75 Å². The molecule has 0 N–H and O–H groups in total. The number of ether oxygens (including phenoxy) is 1. The summed E-state index contributed by atoms with van der Waals surface area (Å²) in [4.78, 5) is 15.1. The lowest BCUT2D eigenvalue weighted by Crippen LogP contribution is -2.38. The Bertz CT molecular complexity index is 349. The molecule has 4 nitrogen and oxygen atoms in total. The SMILES string of the molecule is CCN(C)C(=O)N(C)c1ccc(OC)cc1. The summed E-state index contributed by atoms with van der Waals surface area (Å²) in [5, 5.41) is 0. The van der Waals surface area contributed by atoms with E-state index in [0.29, 0.717) is 6.54 Å². The Morgan fingerprint density at radius 2 is 1.81 bits per heavy atom. The van der Waals surface area contributed by atoms with E-state index in [9.17, 15) is 4.79 Å². The zero-order valence-corrected chi connectivity index (χ0v) is 10.2. The molecule has 0 aliphatic heterocycles. The Balaban J connectivity index is 2.79. The molecule has 0 heterocycles. The van der Waals surface area contributed by atoms with Crippen LogP contribution in [-0.2, 0) is 0 Å². The topological polar surface area (TPSA) is 32.8 Å². The zero-order valence-electron chi connectivity index (χ0n) is 10.2. The maximum absolute atomic E-state index is 11.8. The number of methoxy groups -OCH3 is 1. The number of nitrogens with zero attached hydrogens (tertiary/aromatic N) is 2. The summed E-state index contributed by atoms with van der Waals surface area (Å²) in [6.45, 7) is 2.64. The van der Waals surface area contributed by atoms with Crippen molar-refractivity contribution in [1.82, 2.24) is 4.90 Å². The minimum Gasteiger partial charge on any atom is -0.497 e. The van der Waals surface area contributed by atoms with Gasteiger partial charge >= 0.3 is 6.03 Å². The Morgan fingerprint density at radius 1 is 1.25 bits per heavy atom. The van der Waals surface area contributed by atoms with Gasteiger partial charge in [-0.3, -0.25) is 4.90 Å². The Kier molecular flexibility index (Phi) is 4.17. The van der Waals surface area contributed by atoms with Gasteiger partial charge in [0, 0.05) is 26.3 Å². The molecule has 0 aliphatic rings. The van der Waals surface area contributed by atoms with E-state index in [1.807, 2.05) is 31.2 Å². The van der Waals surface area contributed by atoms with E-state index in [2.05, 4.69) is 0 Å². The van der Waals surface area contributed by atoms with Gasteiger partial charge in [0.15, 0.2) is 0 Å². The summed E-state index contributed by atoms with van der Waals surface area (Å²) >= 11 is 0. The molecule has 16 heavy (non-hydrogen) atoms. The van der Waals surface area contributed by atoms with Crippen LogP contribution in [0.2, 0.25) is 0 Å². The van der Waals surface area contributed by atoms with Gasteiger partial charge in [0.05, 0.1) is 7.11 Å². The summed E-state index contributed by atoms with van der Waals surface area (Å²) < 4.78 is 5.06. The van der Waals surface area contributed by atoms with Crippen LogP contribution in [0.15, 0.2) is 24.3 Å². The van der Waals surface area contributed by atoms with Gasteiger partial charge in [-0.2, -0.15) is 0 Å². The van der Waals surface area contributed by atoms with Crippen molar-refractivity contribution in [1.29, 1.82) is 0 Å². The van der Waals surface area contributed by atoms with Crippen molar-refractivity contribution in [3.8, 4) is 5.75 Å². The highest BCUT2D eigenvalue weighted by Crippen LogP contribution is 2.18.